The Kier molecular flexibility index (Phi) is 4.81. The summed E-state index contributed by atoms with van der Waals surface area (Å²) in [7, 11) is 6.54. The summed E-state index contributed by atoms with van der Waals surface area (Å²) in [6, 6.07) is 9.87. The van der Waals surface area contributed by atoms with Gasteiger partial charge in [0.2, 0.25) is 0 Å². The largest absolute Gasteiger partial charge is 0.493 e. The zero-order chi connectivity index (χ0) is 17.1. The van der Waals surface area contributed by atoms with Crippen LogP contribution in [0.4, 0.5) is 0 Å². The molecule has 0 saturated carbocycles. The second-order valence-electron chi connectivity index (χ2n) is 5.52. The number of rotatable bonds is 5. The van der Waals surface area contributed by atoms with Crippen LogP contribution in [0.5, 0.6) is 23.0 Å². The lowest BCUT2D eigenvalue weighted by Crippen LogP contribution is -2.18. The lowest BCUT2D eigenvalue weighted by atomic mass is 9.92. The van der Waals surface area contributed by atoms with Crippen molar-refractivity contribution in [1.29, 1.82) is 0 Å². The first-order valence-electron chi connectivity index (χ1n) is 7.80. The van der Waals surface area contributed by atoms with Crippen molar-refractivity contribution in [2.45, 2.75) is 12.5 Å². The maximum absolute atomic E-state index is 6.04. The van der Waals surface area contributed by atoms with Crippen molar-refractivity contribution < 1.29 is 23.7 Å². The molecule has 5 heteroatoms. The second-order valence-corrected chi connectivity index (χ2v) is 5.52. The van der Waals surface area contributed by atoms with Gasteiger partial charge in [-0.2, -0.15) is 0 Å². The molecule has 1 atom stereocenters. The maximum Gasteiger partial charge on any atom is 0.161 e. The molecule has 0 radical (unpaired) electrons. The Hall–Kier alpha value is -2.40. The molecule has 2 aromatic rings. The average Bonchev–Trinajstić information content (AvgIpc) is 2.65. The Morgan fingerprint density at radius 2 is 1.42 bits per heavy atom. The van der Waals surface area contributed by atoms with Gasteiger partial charge in [-0.15, -0.1) is 0 Å². The highest BCUT2D eigenvalue weighted by Gasteiger charge is 2.26. The topological polar surface area (TPSA) is 46.2 Å². The second kappa shape index (κ2) is 7.01. The molecule has 5 nitrogen and oxygen atoms in total. The summed E-state index contributed by atoms with van der Waals surface area (Å²) in [6.07, 6.45) is 0.674. The van der Waals surface area contributed by atoms with Gasteiger partial charge in [0.25, 0.3) is 0 Å². The summed E-state index contributed by atoms with van der Waals surface area (Å²) >= 11 is 0. The number of ether oxygens (including phenoxy) is 5. The van der Waals surface area contributed by atoms with Crippen LogP contribution < -0.4 is 18.9 Å². The summed E-state index contributed by atoms with van der Waals surface area (Å²) in [5, 5.41) is 0. The van der Waals surface area contributed by atoms with Crippen molar-refractivity contribution in [3.63, 3.8) is 0 Å². The van der Waals surface area contributed by atoms with E-state index in [-0.39, 0.29) is 6.10 Å². The van der Waals surface area contributed by atoms with Gasteiger partial charge in [0.05, 0.1) is 35.0 Å². The molecule has 0 fully saturated rings. The molecule has 0 N–H and O–H groups in total. The molecular formula is C19H22O5. The van der Waals surface area contributed by atoms with Crippen LogP contribution in [0.2, 0.25) is 0 Å². The van der Waals surface area contributed by atoms with Crippen molar-refractivity contribution in [3.05, 3.63) is 47.0 Å². The van der Waals surface area contributed by atoms with Crippen LogP contribution in [0.25, 0.3) is 0 Å². The fraction of sp³-hybridized carbons (Fsp3) is 0.368. The van der Waals surface area contributed by atoms with Gasteiger partial charge >= 0.3 is 0 Å². The quantitative estimate of drug-likeness (QED) is 0.841. The standard InChI is InChI=1S/C19H22O5/c1-20-15-6-5-13(10-16(15)21-2)19-14-11-18(23-4)17(22-3)9-12(14)7-8-24-19/h5-6,9-11,19H,7-8H2,1-4H3. The maximum atomic E-state index is 6.04. The Morgan fingerprint density at radius 1 is 0.792 bits per heavy atom. The molecule has 0 aliphatic carbocycles. The zero-order valence-electron chi connectivity index (χ0n) is 14.4. The first-order valence-corrected chi connectivity index (χ1v) is 7.80. The van der Waals surface area contributed by atoms with Gasteiger partial charge in [-0.1, -0.05) is 6.07 Å². The molecule has 0 aromatic heterocycles. The number of fused-ring (bicyclic) bond motifs is 1. The summed E-state index contributed by atoms with van der Waals surface area (Å²) < 4.78 is 27.6. The van der Waals surface area contributed by atoms with Crippen molar-refractivity contribution in [2.24, 2.45) is 0 Å². The van der Waals surface area contributed by atoms with Crippen LogP contribution in [-0.2, 0) is 11.2 Å². The zero-order valence-corrected chi connectivity index (χ0v) is 14.4. The van der Waals surface area contributed by atoms with Gasteiger partial charge in [0, 0.05) is 0 Å². The van der Waals surface area contributed by atoms with Crippen molar-refractivity contribution in [3.8, 4) is 23.0 Å². The van der Waals surface area contributed by atoms with Gasteiger partial charge in [0.1, 0.15) is 6.10 Å². The van der Waals surface area contributed by atoms with Crippen molar-refractivity contribution in [2.75, 3.05) is 35.0 Å². The Labute approximate surface area is 142 Å². The molecule has 0 amide bonds. The molecule has 1 aliphatic heterocycles. The molecule has 2 aromatic carbocycles. The van der Waals surface area contributed by atoms with E-state index in [0.29, 0.717) is 23.9 Å². The fourth-order valence-electron chi connectivity index (χ4n) is 3.07. The van der Waals surface area contributed by atoms with Gasteiger partial charge in [0.15, 0.2) is 23.0 Å². The molecule has 1 heterocycles. The number of benzene rings is 2. The van der Waals surface area contributed by atoms with Gasteiger partial charge in [-0.25, -0.2) is 0 Å². The first kappa shape index (κ1) is 16.5. The van der Waals surface area contributed by atoms with Crippen LogP contribution in [0, 0.1) is 0 Å². The Bertz CT molecular complexity index is 726. The average molecular weight is 330 g/mol. The molecule has 0 bridgehead atoms. The molecule has 24 heavy (non-hydrogen) atoms. The predicted octanol–water partition coefficient (Wildman–Crippen LogP) is 3.38. The third-order valence-corrected chi connectivity index (χ3v) is 4.29. The van der Waals surface area contributed by atoms with Crippen molar-refractivity contribution in [1.82, 2.24) is 0 Å². The lowest BCUT2D eigenvalue weighted by Gasteiger charge is -2.28. The smallest absolute Gasteiger partial charge is 0.161 e. The van der Waals surface area contributed by atoms with E-state index < -0.39 is 0 Å². The summed E-state index contributed by atoms with van der Waals surface area (Å²) in [6.45, 7) is 0.654. The van der Waals surface area contributed by atoms with Crippen molar-refractivity contribution >= 4 is 0 Å². The first-order chi connectivity index (χ1) is 11.7. The third kappa shape index (κ3) is 2.87. The molecule has 1 aliphatic rings. The number of methoxy groups -OCH3 is 4. The van der Waals surface area contributed by atoms with E-state index in [2.05, 4.69) is 0 Å². The highest BCUT2D eigenvalue weighted by molar-refractivity contribution is 5.52. The van der Waals surface area contributed by atoms with E-state index in [0.717, 1.165) is 23.3 Å². The normalized spacial score (nSPS) is 16.2. The van der Waals surface area contributed by atoms with E-state index in [1.165, 1.54) is 5.56 Å². The van der Waals surface area contributed by atoms with Gasteiger partial charge in [-0.05, 0) is 47.4 Å². The summed E-state index contributed by atoms with van der Waals surface area (Å²) in [5.74, 6) is 2.83. The van der Waals surface area contributed by atoms with Crippen LogP contribution in [0.3, 0.4) is 0 Å². The van der Waals surface area contributed by atoms with Crippen LogP contribution >= 0.6 is 0 Å². The lowest BCUT2D eigenvalue weighted by molar-refractivity contribution is 0.0693. The number of hydrogen-bond acceptors (Lipinski definition) is 5. The fourth-order valence-corrected chi connectivity index (χ4v) is 3.07. The Morgan fingerprint density at radius 3 is 2.08 bits per heavy atom. The minimum absolute atomic E-state index is 0.173. The molecule has 128 valence electrons. The molecule has 3 rings (SSSR count). The number of hydrogen-bond donors (Lipinski definition) is 0. The van der Waals surface area contributed by atoms with Gasteiger partial charge in [-0.3, -0.25) is 0 Å². The summed E-state index contributed by atoms with van der Waals surface area (Å²) in [4.78, 5) is 0. The molecule has 0 spiro atoms. The SMILES string of the molecule is COc1ccc(C2OCCc3cc(OC)c(OC)cc32)cc1OC. The van der Waals surface area contributed by atoms with Crippen LogP contribution in [-0.4, -0.2) is 35.0 Å². The van der Waals surface area contributed by atoms with Gasteiger partial charge < -0.3 is 23.7 Å². The third-order valence-electron chi connectivity index (χ3n) is 4.29. The highest BCUT2D eigenvalue weighted by Crippen LogP contribution is 2.41. The van der Waals surface area contributed by atoms with E-state index >= 15 is 0 Å². The molecule has 1 unspecified atom stereocenters. The van der Waals surface area contributed by atoms with E-state index in [1.807, 2.05) is 30.3 Å². The highest BCUT2D eigenvalue weighted by atomic mass is 16.5. The van der Waals surface area contributed by atoms with E-state index in [9.17, 15) is 0 Å². The Balaban J connectivity index is 2.06. The van der Waals surface area contributed by atoms with E-state index in [1.54, 1.807) is 28.4 Å². The van der Waals surface area contributed by atoms with Crippen LogP contribution in [0.1, 0.15) is 22.8 Å². The molecular weight excluding hydrogens is 308 g/mol. The minimum Gasteiger partial charge on any atom is -0.493 e. The predicted molar refractivity (Wildman–Crippen MR) is 90.6 cm³/mol. The van der Waals surface area contributed by atoms with E-state index in [4.69, 9.17) is 23.7 Å². The minimum atomic E-state index is -0.173. The monoisotopic (exact) mass is 330 g/mol. The summed E-state index contributed by atoms with van der Waals surface area (Å²) in [5.41, 5.74) is 3.31. The molecule has 0 saturated heterocycles. The van der Waals surface area contributed by atoms with Crippen LogP contribution in [0.15, 0.2) is 30.3 Å².